The lowest BCUT2D eigenvalue weighted by Gasteiger charge is -2.19. The van der Waals surface area contributed by atoms with Gasteiger partial charge in [0, 0.05) is 19.2 Å². The van der Waals surface area contributed by atoms with E-state index >= 15 is 0 Å². The Morgan fingerprint density at radius 2 is 2.15 bits per heavy atom. The Morgan fingerprint density at radius 1 is 1.35 bits per heavy atom. The number of para-hydroxylation sites is 1. The third kappa shape index (κ3) is 3.71. The molecular weight excluding hydrogens is 258 g/mol. The number of aliphatic hydroxyl groups is 1. The summed E-state index contributed by atoms with van der Waals surface area (Å²) in [6, 6.07) is 6.98. The SMILES string of the molecule is O=C(O)c1ccccc1OCCNC1CCCC1CO. The van der Waals surface area contributed by atoms with Crippen LogP contribution < -0.4 is 10.1 Å². The first-order valence-electron chi connectivity index (χ1n) is 7.01. The Bertz CT molecular complexity index is 449. The number of ether oxygens (including phenoxy) is 1. The molecule has 20 heavy (non-hydrogen) atoms. The molecule has 2 rings (SSSR count). The molecule has 1 aliphatic rings. The second-order valence-electron chi connectivity index (χ2n) is 5.08. The Kier molecular flexibility index (Phi) is 5.38. The molecule has 1 aromatic carbocycles. The van der Waals surface area contributed by atoms with Crippen LogP contribution in [0.15, 0.2) is 24.3 Å². The largest absolute Gasteiger partial charge is 0.491 e. The molecule has 0 amide bonds. The minimum atomic E-state index is -0.982. The fraction of sp³-hybridized carbons (Fsp3) is 0.533. The normalized spacial score (nSPS) is 21.9. The molecule has 0 aliphatic heterocycles. The number of aliphatic hydroxyl groups excluding tert-OH is 1. The van der Waals surface area contributed by atoms with Crippen molar-refractivity contribution in [2.75, 3.05) is 19.8 Å². The second-order valence-corrected chi connectivity index (χ2v) is 5.08. The molecule has 3 N–H and O–H groups in total. The summed E-state index contributed by atoms with van der Waals surface area (Å²) in [6.45, 7) is 1.29. The number of aromatic carboxylic acids is 1. The number of nitrogens with one attached hydrogen (secondary N) is 1. The van der Waals surface area contributed by atoms with Crippen molar-refractivity contribution in [2.24, 2.45) is 5.92 Å². The zero-order valence-corrected chi connectivity index (χ0v) is 11.4. The molecule has 1 aliphatic carbocycles. The van der Waals surface area contributed by atoms with Gasteiger partial charge in [0.15, 0.2) is 0 Å². The van der Waals surface area contributed by atoms with Crippen LogP contribution in [-0.2, 0) is 0 Å². The first-order chi connectivity index (χ1) is 9.72. The molecule has 1 aromatic rings. The van der Waals surface area contributed by atoms with Crippen molar-refractivity contribution in [3.05, 3.63) is 29.8 Å². The lowest BCUT2D eigenvalue weighted by atomic mass is 10.1. The quantitative estimate of drug-likeness (QED) is 0.659. The van der Waals surface area contributed by atoms with Crippen LogP contribution in [0.3, 0.4) is 0 Å². The number of benzene rings is 1. The molecule has 0 heterocycles. The van der Waals surface area contributed by atoms with E-state index in [1.807, 2.05) is 0 Å². The molecule has 5 nitrogen and oxygen atoms in total. The summed E-state index contributed by atoms with van der Waals surface area (Å²) in [5.74, 6) is -0.252. The van der Waals surface area contributed by atoms with E-state index in [0.717, 1.165) is 19.3 Å². The average Bonchev–Trinajstić information content (AvgIpc) is 2.91. The van der Waals surface area contributed by atoms with Gasteiger partial charge in [-0.1, -0.05) is 18.6 Å². The van der Waals surface area contributed by atoms with Gasteiger partial charge in [0.2, 0.25) is 0 Å². The second kappa shape index (κ2) is 7.26. The van der Waals surface area contributed by atoms with Crippen LogP contribution in [0.1, 0.15) is 29.6 Å². The Hall–Kier alpha value is -1.59. The molecule has 0 bridgehead atoms. The standard InChI is InChI=1S/C15H21NO4/c17-10-11-4-3-6-13(11)16-8-9-20-14-7-2-1-5-12(14)15(18)19/h1-2,5,7,11,13,16-17H,3-4,6,8-10H2,(H,18,19). The number of carboxylic acid groups (broad SMARTS) is 1. The van der Waals surface area contributed by atoms with Crippen molar-refractivity contribution in [3.63, 3.8) is 0 Å². The summed E-state index contributed by atoms with van der Waals surface area (Å²) in [5.41, 5.74) is 0.182. The van der Waals surface area contributed by atoms with Crippen LogP contribution >= 0.6 is 0 Å². The number of carboxylic acids is 1. The summed E-state index contributed by atoms with van der Waals surface area (Å²) >= 11 is 0. The lowest BCUT2D eigenvalue weighted by Crippen LogP contribution is -2.36. The maximum atomic E-state index is 11.0. The van der Waals surface area contributed by atoms with Crippen LogP contribution in [0.25, 0.3) is 0 Å². The van der Waals surface area contributed by atoms with Crippen molar-refractivity contribution in [1.82, 2.24) is 5.32 Å². The highest BCUT2D eigenvalue weighted by Crippen LogP contribution is 2.24. The van der Waals surface area contributed by atoms with Crippen LogP contribution in [-0.4, -0.2) is 42.0 Å². The molecule has 0 radical (unpaired) electrons. The first kappa shape index (κ1) is 14.8. The maximum Gasteiger partial charge on any atom is 0.339 e. The van der Waals surface area contributed by atoms with E-state index in [-0.39, 0.29) is 12.2 Å². The minimum absolute atomic E-state index is 0.182. The van der Waals surface area contributed by atoms with Gasteiger partial charge in [0.05, 0.1) is 0 Å². The van der Waals surface area contributed by atoms with Gasteiger partial charge in [-0.25, -0.2) is 4.79 Å². The first-order valence-corrected chi connectivity index (χ1v) is 7.01. The highest BCUT2D eigenvalue weighted by molar-refractivity contribution is 5.90. The van der Waals surface area contributed by atoms with E-state index < -0.39 is 5.97 Å². The fourth-order valence-electron chi connectivity index (χ4n) is 2.70. The monoisotopic (exact) mass is 279 g/mol. The lowest BCUT2D eigenvalue weighted by molar-refractivity contribution is 0.0692. The fourth-order valence-corrected chi connectivity index (χ4v) is 2.70. The van der Waals surface area contributed by atoms with Crippen molar-refractivity contribution < 1.29 is 19.7 Å². The van der Waals surface area contributed by atoms with Gasteiger partial charge in [0.1, 0.15) is 17.9 Å². The van der Waals surface area contributed by atoms with E-state index in [1.54, 1.807) is 18.2 Å². The van der Waals surface area contributed by atoms with Gasteiger partial charge in [-0.05, 0) is 30.9 Å². The smallest absolute Gasteiger partial charge is 0.339 e. The zero-order valence-electron chi connectivity index (χ0n) is 11.4. The average molecular weight is 279 g/mol. The molecule has 0 spiro atoms. The molecule has 1 fully saturated rings. The van der Waals surface area contributed by atoms with Crippen molar-refractivity contribution in [3.8, 4) is 5.75 Å². The van der Waals surface area contributed by atoms with Crippen LogP contribution in [0.4, 0.5) is 0 Å². The number of carbonyl (C=O) groups is 1. The van der Waals surface area contributed by atoms with Gasteiger partial charge >= 0.3 is 5.97 Å². The van der Waals surface area contributed by atoms with Gasteiger partial charge < -0.3 is 20.3 Å². The number of hydrogen-bond acceptors (Lipinski definition) is 4. The van der Waals surface area contributed by atoms with Crippen LogP contribution in [0.2, 0.25) is 0 Å². The van der Waals surface area contributed by atoms with E-state index in [0.29, 0.717) is 30.9 Å². The Labute approximate surface area is 118 Å². The predicted molar refractivity (Wildman–Crippen MR) is 75.1 cm³/mol. The third-order valence-electron chi connectivity index (χ3n) is 3.78. The Balaban J connectivity index is 1.77. The predicted octanol–water partition coefficient (Wildman–Crippen LogP) is 1.51. The zero-order chi connectivity index (χ0) is 14.4. The van der Waals surface area contributed by atoms with E-state index in [9.17, 15) is 9.90 Å². The van der Waals surface area contributed by atoms with Gasteiger partial charge in [-0.15, -0.1) is 0 Å². The summed E-state index contributed by atoms with van der Waals surface area (Å²) in [7, 11) is 0. The maximum absolute atomic E-state index is 11.0. The van der Waals surface area contributed by atoms with Crippen molar-refractivity contribution in [2.45, 2.75) is 25.3 Å². The van der Waals surface area contributed by atoms with Crippen LogP contribution in [0, 0.1) is 5.92 Å². The highest BCUT2D eigenvalue weighted by atomic mass is 16.5. The molecule has 5 heteroatoms. The number of hydrogen-bond donors (Lipinski definition) is 3. The summed E-state index contributed by atoms with van der Waals surface area (Å²) < 4.78 is 5.52. The molecular formula is C15H21NO4. The third-order valence-corrected chi connectivity index (χ3v) is 3.78. The minimum Gasteiger partial charge on any atom is -0.491 e. The highest BCUT2D eigenvalue weighted by Gasteiger charge is 2.25. The van der Waals surface area contributed by atoms with E-state index in [1.165, 1.54) is 6.07 Å². The molecule has 110 valence electrons. The topological polar surface area (TPSA) is 78.8 Å². The summed E-state index contributed by atoms with van der Waals surface area (Å²) in [4.78, 5) is 11.0. The van der Waals surface area contributed by atoms with Gasteiger partial charge in [-0.2, -0.15) is 0 Å². The van der Waals surface area contributed by atoms with Gasteiger partial charge in [0.25, 0.3) is 0 Å². The van der Waals surface area contributed by atoms with E-state index in [2.05, 4.69) is 5.32 Å². The molecule has 2 atom stereocenters. The Morgan fingerprint density at radius 3 is 2.90 bits per heavy atom. The van der Waals surface area contributed by atoms with Crippen molar-refractivity contribution in [1.29, 1.82) is 0 Å². The van der Waals surface area contributed by atoms with Crippen LogP contribution in [0.5, 0.6) is 5.75 Å². The molecule has 0 saturated heterocycles. The number of rotatable bonds is 7. The molecule has 0 aromatic heterocycles. The van der Waals surface area contributed by atoms with Gasteiger partial charge in [-0.3, -0.25) is 0 Å². The summed E-state index contributed by atoms with van der Waals surface area (Å²) in [6.07, 6.45) is 3.29. The van der Waals surface area contributed by atoms with Crippen molar-refractivity contribution >= 4 is 5.97 Å². The van der Waals surface area contributed by atoms with E-state index in [4.69, 9.17) is 9.84 Å². The molecule has 1 saturated carbocycles. The molecule has 2 unspecified atom stereocenters. The summed E-state index contributed by atoms with van der Waals surface area (Å²) in [5, 5.41) is 21.6.